The lowest BCUT2D eigenvalue weighted by atomic mass is 10.1. The number of carbonyl (C=O) groups is 2. The minimum absolute atomic E-state index is 0.0245. The van der Waals surface area contributed by atoms with Crippen molar-refractivity contribution in [3.63, 3.8) is 0 Å². The summed E-state index contributed by atoms with van der Waals surface area (Å²) < 4.78 is 5.17. The van der Waals surface area contributed by atoms with Crippen molar-refractivity contribution in [2.24, 2.45) is 5.92 Å². The highest BCUT2D eigenvalue weighted by Gasteiger charge is 2.08. The topological polar surface area (TPSA) is 73.9 Å². The van der Waals surface area contributed by atoms with Gasteiger partial charge in [-0.25, -0.2) is 0 Å². The van der Waals surface area contributed by atoms with E-state index in [1.165, 1.54) is 7.11 Å². The van der Waals surface area contributed by atoms with Crippen LogP contribution >= 0.6 is 0 Å². The van der Waals surface area contributed by atoms with Crippen LogP contribution < -0.4 is 14.9 Å². The van der Waals surface area contributed by atoms with Crippen LogP contribution in [0.3, 0.4) is 0 Å². The van der Waals surface area contributed by atoms with Gasteiger partial charge in [0.15, 0.2) is 5.75 Å². The maximum Gasteiger partial charge on any atom is 0.343 e. The van der Waals surface area contributed by atoms with Crippen molar-refractivity contribution in [1.82, 2.24) is 5.32 Å². The van der Waals surface area contributed by atoms with E-state index in [2.05, 4.69) is 36.2 Å². The number of ether oxygens (including phenoxy) is 1. The molecule has 0 spiro atoms. The lowest BCUT2D eigenvalue weighted by Crippen LogP contribution is -2.22. The highest BCUT2D eigenvalue weighted by atomic mass is 17.2. The summed E-state index contributed by atoms with van der Waals surface area (Å²) in [5.74, 6) is 1.31. The van der Waals surface area contributed by atoms with E-state index in [1.807, 2.05) is 0 Å². The molecule has 0 saturated carbocycles. The third kappa shape index (κ3) is 8.79. The molecule has 0 bridgehead atoms. The molecule has 1 aromatic rings. The molecule has 1 aromatic carbocycles. The average molecular weight is 349 g/mol. The maximum absolute atomic E-state index is 11.9. The molecular weight excluding hydrogens is 322 g/mol. The molecule has 0 radical (unpaired) electrons. The summed E-state index contributed by atoms with van der Waals surface area (Å²) in [7, 11) is 1.49. The fourth-order valence-electron chi connectivity index (χ4n) is 2.17. The average Bonchev–Trinajstić information content (AvgIpc) is 2.61. The van der Waals surface area contributed by atoms with Crippen molar-refractivity contribution < 1.29 is 24.1 Å². The van der Waals surface area contributed by atoms with Crippen LogP contribution in [0.25, 0.3) is 0 Å². The van der Waals surface area contributed by atoms with E-state index in [9.17, 15) is 9.59 Å². The number of amides is 1. The van der Waals surface area contributed by atoms with Gasteiger partial charge < -0.3 is 10.1 Å². The second-order valence-corrected chi connectivity index (χ2v) is 5.96. The van der Waals surface area contributed by atoms with Gasteiger partial charge in [0.1, 0.15) is 0 Å². The molecule has 1 N–H and O–H groups in total. The molecule has 0 heterocycles. The van der Waals surface area contributed by atoms with Gasteiger partial charge in [0.05, 0.1) is 7.11 Å². The lowest BCUT2D eigenvalue weighted by Gasteiger charge is -2.10. The third-order valence-electron chi connectivity index (χ3n) is 3.44. The number of carbonyl (C=O) groups excluding carboxylic acids is 2. The Morgan fingerprint density at radius 2 is 2.04 bits per heavy atom. The summed E-state index contributed by atoms with van der Waals surface area (Å²) in [5.41, 5.74) is 0.864. The van der Waals surface area contributed by atoms with Gasteiger partial charge in [-0.15, -0.1) is 0 Å². The number of methoxy groups -OCH3 is 1. The Hall–Kier alpha value is -2.50. The van der Waals surface area contributed by atoms with Crippen LogP contribution in [0.15, 0.2) is 30.4 Å². The van der Waals surface area contributed by atoms with Crippen LogP contribution in [0, 0.1) is 5.92 Å². The number of hydrogen-bond donors (Lipinski definition) is 1. The molecular formula is C19H27NO5. The summed E-state index contributed by atoms with van der Waals surface area (Å²) in [5, 5.41) is 2.88. The molecule has 138 valence electrons. The summed E-state index contributed by atoms with van der Waals surface area (Å²) in [4.78, 5) is 31.1. The molecule has 0 aromatic heterocycles. The Kier molecular flexibility index (Phi) is 9.82. The Balaban J connectivity index is 2.34. The van der Waals surface area contributed by atoms with Crippen molar-refractivity contribution in [1.29, 1.82) is 0 Å². The second kappa shape index (κ2) is 11.9. The van der Waals surface area contributed by atoms with Gasteiger partial charge >= 0.3 is 6.47 Å². The van der Waals surface area contributed by atoms with Gasteiger partial charge in [0.25, 0.3) is 0 Å². The zero-order valence-electron chi connectivity index (χ0n) is 15.1. The van der Waals surface area contributed by atoms with Crippen LogP contribution in [0.1, 0.15) is 45.1 Å². The van der Waals surface area contributed by atoms with Crippen LogP contribution in [0.5, 0.6) is 11.5 Å². The Bertz CT molecular complexity index is 569. The van der Waals surface area contributed by atoms with E-state index in [0.29, 0.717) is 30.4 Å². The van der Waals surface area contributed by atoms with E-state index < -0.39 is 0 Å². The van der Waals surface area contributed by atoms with E-state index in [1.54, 1.807) is 18.2 Å². The standard InChI is InChI=1S/C19H27NO5/c1-15(2)8-6-4-5-7-9-19(22)20-13-16-10-11-17(25-24-14-21)18(12-16)23-3/h6,8,10-12,14-15H,4-5,7,9,13H2,1-3H3,(H,20,22)/b8-6+. The number of hydrogen-bond acceptors (Lipinski definition) is 5. The minimum atomic E-state index is 0.0245. The van der Waals surface area contributed by atoms with E-state index in [0.717, 1.165) is 24.8 Å². The normalized spacial score (nSPS) is 10.7. The fraction of sp³-hybridized carbons (Fsp3) is 0.474. The van der Waals surface area contributed by atoms with Crippen molar-refractivity contribution in [3.05, 3.63) is 35.9 Å². The van der Waals surface area contributed by atoms with Gasteiger partial charge in [-0.2, -0.15) is 0 Å². The van der Waals surface area contributed by atoms with Crippen LogP contribution in [-0.4, -0.2) is 19.5 Å². The van der Waals surface area contributed by atoms with Crippen molar-refractivity contribution in [3.8, 4) is 11.5 Å². The number of rotatable bonds is 12. The highest BCUT2D eigenvalue weighted by Crippen LogP contribution is 2.28. The van der Waals surface area contributed by atoms with Gasteiger partial charge in [0.2, 0.25) is 11.7 Å². The zero-order valence-corrected chi connectivity index (χ0v) is 15.1. The number of nitrogens with one attached hydrogen (secondary N) is 1. The van der Waals surface area contributed by atoms with Crippen molar-refractivity contribution in [2.75, 3.05) is 7.11 Å². The molecule has 0 saturated heterocycles. The molecule has 0 unspecified atom stereocenters. The maximum atomic E-state index is 11.9. The Labute approximate surface area is 149 Å². The summed E-state index contributed by atoms with van der Waals surface area (Å²) in [6, 6.07) is 5.11. The molecule has 25 heavy (non-hydrogen) atoms. The molecule has 1 amide bonds. The molecule has 0 atom stereocenters. The smallest absolute Gasteiger partial charge is 0.343 e. The molecule has 0 fully saturated rings. The molecule has 0 aliphatic rings. The van der Waals surface area contributed by atoms with Crippen LogP contribution in [-0.2, 0) is 21.0 Å². The lowest BCUT2D eigenvalue weighted by molar-refractivity contribution is -0.197. The van der Waals surface area contributed by atoms with Gasteiger partial charge in [0, 0.05) is 13.0 Å². The first kappa shape index (κ1) is 20.5. The SMILES string of the molecule is COc1cc(CNC(=O)CCCC/C=C/C(C)C)ccc1OOC=O. The molecule has 6 heteroatoms. The first-order valence-electron chi connectivity index (χ1n) is 8.44. The Morgan fingerprint density at radius 3 is 2.72 bits per heavy atom. The number of allylic oxidation sites excluding steroid dienone is 2. The largest absolute Gasteiger partial charge is 0.493 e. The van der Waals surface area contributed by atoms with Crippen LogP contribution in [0.2, 0.25) is 0 Å². The Morgan fingerprint density at radius 1 is 1.24 bits per heavy atom. The van der Waals surface area contributed by atoms with E-state index in [4.69, 9.17) is 9.62 Å². The molecule has 0 aliphatic carbocycles. The quantitative estimate of drug-likeness (QED) is 0.205. The first-order chi connectivity index (χ1) is 12.1. The summed E-state index contributed by atoms with van der Waals surface area (Å²) >= 11 is 0. The fourth-order valence-corrected chi connectivity index (χ4v) is 2.17. The second-order valence-electron chi connectivity index (χ2n) is 5.96. The highest BCUT2D eigenvalue weighted by molar-refractivity contribution is 5.75. The monoisotopic (exact) mass is 349 g/mol. The third-order valence-corrected chi connectivity index (χ3v) is 3.44. The predicted octanol–water partition coefficient (Wildman–Crippen LogP) is 3.55. The van der Waals surface area contributed by atoms with Crippen molar-refractivity contribution in [2.45, 2.75) is 46.1 Å². The van der Waals surface area contributed by atoms with E-state index in [-0.39, 0.29) is 12.4 Å². The van der Waals surface area contributed by atoms with Gasteiger partial charge in [-0.1, -0.05) is 32.1 Å². The molecule has 0 aliphatic heterocycles. The van der Waals surface area contributed by atoms with Gasteiger partial charge in [-0.05, 0) is 42.9 Å². The number of unbranched alkanes of at least 4 members (excludes halogenated alkanes) is 2. The minimum Gasteiger partial charge on any atom is -0.493 e. The van der Waals surface area contributed by atoms with Gasteiger partial charge in [-0.3, -0.25) is 19.4 Å². The van der Waals surface area contributed by atoms with Crippen LogP contribution in [0.4, 0.5) is 0 Å². The first-order valence-corrected chi connectivity index (χ1v) is 8.44. The predicted molar refractivity (Wildman–Crippen MR) is 95.1 cm³/mol. The zero-order chi connectivity index (χ0) is 18.5. The van der Waals surface area contributed by atoms with E-state index >= 15 is 0 Å². The summed E-state index contributed by atoms with van der Waals surface area (Å²) in [6.45, 7) is 4.88. The number of benzene rings is 1. The molecule has 1 rings (SSSR count). The molecule has 6 nitrogen and oxygen atoms in total. The summed E-state index contributed by atoms with van der Waals surface area (Å²) in [6.07, 6.45) is 7.75. The van der Waals surface area contributed by atoms with Crippen molar-refractivity contribution >= 4 is 12.4 Å².